The number of esters is 1. The third kappa shape index (κ3) is 6.30. The van der Waals surface area contributed by atoms with Crippen LogP contribution in [-0.4, -0.2) is 18.4 Å². The lowest BCUT2D eigenvalue weighted by Gasteiger charge is -2.29. The van der Waals surface area contributed by atoms with Crippen molar-refractivity contribution < 1.29 is 14.3 Å². The van der Waals surface area contributed by atoms with Crippen molar-refractivity contribution in [2.45, 2.75) is 77.6 Å². The molecule has 0 unspecified atom stereocenters. The van der Waals surface area contributed by atoms with E-state index in [4.69, 9.17) is 4.74 Å². The van der Waals surface area contributed by atoms with Gasteiger partial charge in [-0.25, -0.2) is 0 Å². The second-order valence-corrected chi connectivity index (χ2v) is 7.24. The first-order valence-corrected chi connectivity index (χ1v) is 9.92. The van der Waals surface area contributed by atoms with Crippen LogP contribution in [0.25, 0.3) is 0 Å². The Morgan fingerprint density at radius 3 is 2.28 bits per heavy atom. The fraction of sp³-hybridized carbons (Fsp3) is 0.636. The molecule has 1 fully saturated rings. The third-order valence-electron chi connectivity index (χ3n) is 5.38. The van der Waals surface area contributed by atoms with Gasteiger partial charge in [0.2, 0.25) is 0 Å². The van der Waals surface area contributed by atoms with E-state index in [1.165, 1.54) is 56.9 Å². The Morgan fingerprint density at radius 2 is 1.68 bits per heavy atom. The Labute approximate surface area is 152 Å². The van der Waals surface area contributed by atoms with Crippen LogP contribution < -0.4 is 0 Å². The number of ether oxygens (including phenoxy) is 1. The van der Waals surface area contributed by atoms with Crippen LogP contribution in [0.3, 0.4) is 0 Å². The molecule has 2 rings (SSSR count). The number of carbonyl (C=O) groups excluding carboxylic acids is 2. The molecule has 0 aromatic heterocycles. The van der Waals surface area contributed by atoms with Crippen LogP contribution in [0.1, 0.15) is 93.5 Å². The molecular weight excluding hydrogens is 312 g/mol. The molecule has 1 aliphatic rings. The number of Topliss-reactive ketones (excluding diaryl/α,β-unsaturated/α-hetero) is 1. The van der Waals surface area contributed by atoms with E-state index in [9.17, 15) is 9.59 Å². The minimum absolute atomic E-state index is 0.162. The van der Waals surface area contributed by atoms with Crippen molar-refractivity contribution >= 4 is 11.8 Å². The largest absolute Gasteiger partial charge is 0.466 e. The van der Waals surface area contributed by atoms with Gasteiger partial charge >= 0.3 is 5.97 Å². The fourth-order valence-corrected chi connectivity index (χ4v) is 3.85. The third-order valence-corrected chi connectivity index (χ3v) is 5.38. The van der Waals surface area contributed by atoms with Gasteiger partial charge in [-0.15, -0.1) is 0 Å². The quantitative estimate of drug-likeness (QED) is 0.251. The maximum absolute atomic E-state index is 12.1. The predicted molar refractivity (Wildman–Crippen MR) is 101 cm³/mol. The van der Waals surface area contributed by atoms with E-state index >= 15 is 0 Å². The summed E-state index contributed by atoms with van der Waals surface area (Å²) in [6, 6.07) is 7.87. The summed E-state index contributed by atoms with van der Waals surface area (Å²) in [4.78, 5) is 23.5. The van der Waals surface area contributed by atoms with E-state index in [1.807, 2.05) is 12.1 Å². The Balaban J connectivity index is 1.82. The molecule has 0 amide bonds. The van der Waals surface area contributed by atoms with Crippen LogP contribution in [0, 0.1) is 5.92 Å². The summed E-state index contributed by atoms with van der Waals surface area (Å²) in [5.41, 5.74) is 1.93. The number of carbonyl (C=O) groups is 2. The van der Waals surface area contributed by atoms with Crippen molar-refractivity contribution in [2.75, 3.05) is 6.61 Å². The fourth-order valence-electron chi connectivity index (χ4n) is 3.85. The van der Waals surface area contributed by atoms with Gasteiger partial charge in [0.15, 0.2) is 5.78 Å². The lowest BCUT2D eigenvalue weighted by atomic mass is 9.77. The number of rotatable bonds is 9. The lowest BCUT2D eigenvalue weighted by molar-refractivity contribution is -0.141. The minimum Gasteiger partial charge on any atom is -0.466 e. The average Bonchev–Trinajstić information content (AvgIpc) is 2.63. The van der Waals surface area contributed by atoms with Crippen molar-refractivity contribution in [1.29, 1.82) is 0 Å². The van der Waals surface area contributed by atoms with E-state index in [1.54, 1.807) is 6.92 Å². The molecule has 1 aromatic carbocycles. The standard InChI is InChI=1S/C22H32O3/c1-3-5-6-7-17-8-10-18(11-9-17)19-12-14-20(15-13-19)21(23)16-22(24)25-4-2/h12-15,17-18H,3-11,16H2,1-2H3. The van der Waals surface area contributed by atoms with Gasteiger partial charge in [0.1, 0.15) is 6.42 Å². The maximum atomic E-state index is 12.1. The zero-order valence-corrected chi connectivity index (χ0v) is 15.8. The molecule has 25 heavy (non-hydrogen) atoms. The highest BCUT2D eigenvalue weighted by molar-refractivity contribution is 6.05. The number of ketones is 1. The van der Waals surface area contributed by atoms with Crippen molar-refractivity contribution in [3.63, 3.8) is 0 Å². The molecular formula is C22H32O3. The Bertz CT molecular complexity index is 539. The smallest absolute Gasteiger partial charge is 0.313 e. The van der Waals surface area contributed by atoms with Crippen LogP contribution in [0.2, 0.25) is 0 Å². The molecule has 0 radical (unpaired) electrons. The molecule has 138 valence electrons. The molecule has 0 bridgehead atoms. The molecule has 1 saturated carbocycles. The first-order valence-electron chi connectivity index (χ1n) is 9.92. The molecule has 0 saturated heterocycles. The number of unbranched alkanes of at least 4 members (excludes halogenated alkanes) is 2. The number of benzene rings is 1. The highest BCUT2D eigenvalue weighted by atomic mass is 16.5. The summed E-state index contributed by atoms with van der Waals surface area (Å²) in [5.74, 6) is 0.924. The second-order valence-electron chi connectivity index (χ2n) is 7.24. The number of hydrogen-bond donors (Lipinski definition) is 0. The van der Waals surface area contributed by atoms with E-state index < -0.39 is 5.97 Å². The minimum atomic E-state index is -0.446. The summed E-state index contributed by atoms with van der Waals surface area (Å²) < 4.78 is 4.84. The highest BCUT2D eigenvalue weighted by Gasteiger charge is 2.22. The SMILES string of the molecule is CCCCCC1CCC(c2ccc(C(=O)CC(=O)OCC)cc2)CC1. The normalized spacial score (nSPS) is 20.2. The van der Waals surface area contributed by atoms with E-state index in [0.29, 0.717) is 18.1 Å². The van der Waals surface area contributed by atoms with Crippen LogP contribution in [-0.2, 0) is 9.53 Å². The summed E-state index contributed by atoms with van der Waals surface area (Å²) in [6.45, 7) is 4.32. The van der Waals surface area contributed by atoms with Crippen LogP contribution >= 0.6 is 0 Å². The summed E-state index contributed by atoms with van der Waals surface area (Å²) in [6.07, 6.45) is 10.4. The van der Waals surface area contributed by atoms with Gasteiger partial charge in [0.05, 0.1) is 6.61 Å². The topological polar surface area (TPSA) is 43.4 Å². The summed E-state index contributed by atoms with van der Waals surface area (Å²) in [5, 5.41) is 0. The first kappa shape index (κ1) is 19.7. The maximum Gasteiger partial charge on any atom is 0.313 e. The average molecular weight is 344 g/mol. The molecule has 0 aliphatic heterocycles. The molecule has 1 aliphatic carbocycles. The monoisotopic (exact) mass is 344 g/mol. The van der Waals surface area contributed by atoms with Gasteiger partial charge in [-0.3, -0.25) is 9.59 Å². The Morgan fingerprint density at radius 1 is 1.00 bits per heavy atom. The van der Waals surface area contributed by atoms with Gasteiger partial charge in [0, 0.05) is 5.56 Å². The van der Waals surface area contributed by atoms with Crippen LogP contribution in [0.4, 0.5) is 0 Å². The molecule has 3 heteroatoms. The van der Waals surface area contributed by atoms with E-state index in [0.717, 1.165) is 5.92 Å². The molecule has 3 nitrogen and oxygen atoms in total. The summed E-state index contributed by atoms with van der Waals surface area (Å²) in [7, 11) is 0. The molecule has 1 aromatic rings. The van der Waals surface area contributed by atoms with Gasteiger partial charge in [0.25, 0.3) is 0 Å². The zero-order valence-electron chi connectivity index (χ0n) is 15.8. The van der Waals surface area contributed by atoms with Crippen LogP contribution in [0.5, 0.6) is 0 Å². The second kappa shape index (κ2) is 10.4. The predicted octanol–water partition coefficient (Wildman–Crippen LogP) is 5.68. The molecule has 0 atom stereocenters. The first-order chi connectivity index (χ1) is 12.1. The van der Waals surface area contributed by atoms with Crippen molar-refractivity contribution in [3.05, 3.63) is 35.4 Å². The Kier molecular flexibility index (Phi) is 8.17. The number of hydrogen-bond acceptors (Lipinski definition) is 3. The van der Waals surface area contributed by atoms with Crippen LogP contribution in [0.15, 0.2) is 24.3 Å². The van der Waals surface area contributed by atoms with E-state index in [-0.39, 0.29) is 12.2 Å². The molecule has 0 heterocycles. The lowest BCUT2D eigenvalue weighted by Crippen LogP contribution is -2.14. The van der Waals surface area contributed by atoms with Gasteiger partial charge < -0.3 is 4.74 Å². The van der Waals surface area contributed by atoms with Gasteiger partial charge in [-0.05, 0) is 50.0 Å². The van der Waals surface area contributed by atoms with Crippen molar-refractivity contribution in [3.8, 4) is 0 Å². The molecule has 0 N–H and O–H groups in total. The van der Waals surface area contributed by atoms with Crippen molar-refractivity contribution in [2.24, 2.45) is 5.92 Å². The van der Waals surface area contributed by atoms with Gasteiger partial charge in [-0.1, -0.05) is 56.9 Å². The zero-order chi connectivity index (χ0) is 18.1. The Hall–Kier alpha value is -1.64. The highest BCUT2D eigenvalue weighted by Crippen LogP contribution is 2.37. The van der Waals surface area contributed by atoms with Crippen molar-refractivity contribution in [1.82, 2.24) is 0 Å². The summed E-state index contributed by atoms with van der Waals surface area (Å²) >= 11 is 0. The van der Waals surface area contributed by atoms with E-state index in [2.05, 4.69) is 19.1 Å². The van der Waals surface area contributed by atoms with Gasteiger partial charge in [-0.2, -0.15) is 0 Å². The molecule has 0 spiro atoms.